The van der Waals surface area contributed by atoms with Gasteiger partial charge >= 0.3 is 0 Å². The predicted octanol–water partition coefficient (Wildman–Crippen LogP) is 1.93. The van der Waals surface area contributed by atoms with E-state index in [4.69, 9.17) is 10.5 Å². The Hall–Kier alpha value is -1.86. The van der Waals surface area contributed by atoms with Crippen molar-refractivity contribution in [2.45, 2.75) is 49.2 Å². The minimum Gasteiger partial charge on any atom is -0.376 e. The molecular weight excluding hydrogens is 326 g/mol. The van der Waals surface area contributed by atoms with Crippen LogP contribution in [0.1, 0.15) is 26.2 Å². The summed E-state index contributed by atoms with van der Waals surface area (Å²) in [5, 5.41) is 0.695. The summed E-state index contributed by atoms with van der Waals surface area (Å²) in [6, 6.07) is 7.25. The van der Waals surface area contributed by atoms with Gasteiger partial charge in [0.1, 0.15) is 0 Å². The van der Waals surface area contributed by atoms with Crippen molar-refractivity contribution in [2.24, 2.45) is 5.73 Å². The second kappa shape index (κ2) is 7.36. The van der Waals surface area contributed by atoms with Crippen LogP contribution in [0.25, 0.3) is 10.9 Å². The zero-order valence-electron chi connectivity index (χ0n) is 13.6. The normalized spacial score (nSPS) is 18.8. The van der Waals surface area contributed by atoms with E-state index >= 15 is 0 Å². The number of amides is 1. The molecule has 1 amide bonds. The lowest BCUT2D eigenvalue weighted by Crippen LogP contribution is -2.31. The number of rotatable bonds is 6. The molecule has 0 aliphatic carbocycles. The number of hydrogen-bond acceptors (Lipinski definition) is 5. The van der Waals surface area contributed by atoms with Crippen LogP contribution in [0.2, 0.25) is 0 Å². The highest BCUT2D eigenvalue weighted by Gasteiger charge is 2.23. The van der Waals surface area contributed by atoms with Crippen LogP contribution in [0.15, 0.2) is 34.2 Å². The molecule has 1 fully saturated rings. The molecule has 2 N–H and O–H groups in total. The van der Waals surface area contributed by atoms with Gasteiger partial charge in [-0.1, -0.05) is 30.8 Å². The van der Waals surface area contributed by atoms with Gasteiger partial charge in [0.15, 0.2) is 5.16 Å². The molecule has 24 heavy (non-hydrogen) atoms. The monoisotopic (exact) mass is 347 g/mol. The molecule has 0 unspecified atom stereocenters. The Morgan fingerprint density at radius 3 is 2.96 bits per heavy atom. The maximum Gasteiger partial charge on any atom is 0.262 e. The highest BCUT2D eigenvalue weighted by Crippen LogP contribution is 2.25. The first-order valence-electron chi connectivity index (χ1n) is 8.17. The molecule has 1 aromatic heterocycles. The topological polar surface area (TPSA) is 87.2 Å². The highest BCUT2D eigenvalue weighted by atomic mass is 32.2. The number of ether oxygens (including phenoxy) is 1. The number of primary amides is 1. The van der Waals surface area contributed by atoms with E-state index in [1.54, 1.807) is 10.6 Å². The first kappa shape index (κ1) is 17.0. The van der Waals surface area contributed by atoms with Gasteiger partial charge in [-0.25, -0.2) is 4.98 Å². The molecule has 1 aliphatic rings. The summed E-state index contributed by atoms with van der Waals surface area (Å²) >= 11 is 1.26. The molecule has 0 spiro atoms. The fourth-order valence-electron chi connectivity index (χ4n) is 2.86. The van der Waals surface area contributed by atoms with Crippen LogP contribution in [0.4, 0.5) is 0 Å². The number of fused-ring (bicyclic) bond motifs is 1. The number of benzene rings is 1. The van der Waals surface area contributed by atoms with E-state index in [2.05, 4.69) is 4.98 Å². The van der Waals surface area contributed by atoms with E-state index in [9.17, 15) is 9.59 Å². The number of carbonyl (C=O) groups is 1. The minimum absolute atomic E-state index is 0.0127. The molecule has 3 rings (SSSR count). The molecule has 7 heteroatoms. The largest absolute Gasteiger partial charge is 0.376 e. The lowest BCUT2D eigenvalue weighted by atomic mass is 10.2. The first-order valence-corrected chi connectivity index (χ1v) is 9.05. The smallest absolute Gasteiger partial charge is 0.262 e. The average molecular weight is 347 g/mol. The average Bonchev–Trinajstić information content (AvgIpc) is 3.08. The molecule has 1 aliphatic heterocycles. The molecule has 2 atom stereocenters. The number of thioether (sulfide) groups is 1. The zero-order valence-corrected chi connectivity index (χ0v) is 14.4. The van der Waals surface area contributed by atoms with Crippen molar-refractivity contribution in [3.8, 4) is 0 Å². The van der Waals surface area contributed by atoms with Gasteiger partial charge in [-0.15, -0.1) is 0 Å². The van der Waals surface area contributed by atoms with Crippen LogP contribution in [-0.2, 0) is 16.1 Å². The predicted molar refractivity (Wildman–Crippen MR) is 94.1 cm³/mol. The Balaban J connectivity index is 2.06. The Morgan fingerprint density at radius 1 is 1.50 bits per heavy atom. The summed E-state index contributed by atoms with van der Waals surface area (Å²) in [7, 11) is 0. The Bertz CT molecular complexity index is 799. The van der Waals surface area contributed by atoms with Gasteiger partial charge in [-0.3, -0.25) is 14.2 Å². The molecule has 1 aromatic carbocycles. The molecule has 1 saturated heterocycles. The Labute approximate surface area is 144 Å². The standard InChI is InChI=1S/C17H21N3O3S/c1-2-14(15(18)21)24-17-19-13-8-4-3-7-12(13)16(22)20(17)10-11-6-5-9-23-11/h3-4,7-8,11,14H,2,5-6,9-10H2,1H3,(H2,18,21)/t11-,14-/m1/s1. The van der Waals surface area contributed by atoms with Gasteiger partial charge in [-0.2, -0.15) is 0 Å². The van der Waals surface area contributed by atoms with Crippen molar-refractivity contribution in [2.75, 3.05) is 6.61 Å². The summed E-state index contributed by atoms with van der Waals surface area (Å²) in [5.41, 5.74) is 5.99. The fraction of sp³-hybridized carbons (Fsp3) is 0.471. The SMILES string of the molecule is CC[C@@H](Sc1nc2ccccc2c(=O)n1C[C@H]1CCCO1)C(N)=O. The van der Waals surface area contributed by atoms with E-state index in [0.29, 0.717) is 29.0 Å². The third-order valence-electron chi connectivity index (χ3n) is 4.17. The van der Waals surface area contributed by atoms with Crippen LogP contribution in [0.5, 0.6) is 0 Å². The van der Waals surface area contributed by atoms with Crippen LogP contribution < -0.4 is 11.3 Å². The van der Waals surface area contributed by atoms with E-state index in [-0.39, 0.29) is 11.7 Å². The molecular formula is C17H21N3O3S. The van der Waals surface area contributed by atoms with Crippen LogP contribution in [0.3, 0.4) is 0 Å². The van der Waals surface area contributed by atoms with Crippen molar-refractivity contribution in [1.82, 2.24) is 9.55 Å². The van der Waals surface area contributed by atoms with Crippen molar-refractivity contribution >= 4 is 28.6 Å². The molecule has 128 valence electrons. The van der Waals surface area contributed by atoms with Crippen molar-refractivity contribution in [3.05, 3.63) is 34.6 Å². The second-order valence-corrected chi connectivity index (χ2v) is 7.05. The van der Waals surface area contributed by atoms with Crippen LogP contribution >= 0.6 is 11.8 Å². The van der Waals surface area contributed by atoms with Crippen molar-refractivity contribution in [3.63, 3.8) is 0 Å². The second-order valence-electron chi connectivity index (χ2n) is 5.88. The number of carbonyl (C=O) groups excluding carboxylic acids is 1. The molecule has 2 aromatic rings. The third-order valence-corrected chi connectivity index (χ3v) is 5.55. The lowest BCUT2D eigenvalue weighted by molar-refractivity contribution is -0.117. The molecule has 0 radical (unpaired) electrons. The Morgan fingerprint density at radius 2 is 2.29 bits per heavy atom. The summed E-state index contributed by atoms with van der Waals surface area (Å²) < 4.78 is 7.30. The zero-order chi connectivity index (χ0) is 17.1. The van der Waals surface area contributed by atoms with Gasteiger partial charge < -0.3 is 10.5 Å². The molecule has 6 nitrogen and oxygen atoms in total. The van der Waals surface area contributed by atoms with E-state index in [0.717, 1.165) is 19.4 Å². The fourth-order valence-corrected chi connectivity index (χ4v) is 3.83. The van der Waals surface area contributed by atoms with Gasteiger partial charge in [0.05, 0.1) is 28.8 Å². The quantitative estimate of drug-likeness (QED) is 0.637. The maximum absolute atomic E-state index is 12.9. The third kappa shape index (κ3) is 3.47. The Kier molecular flexibility index (Phi) is 5.20. The molecule has 2 heterocycles. The van der Waals surface area contributed by atoms with Crippen LogP contribution in [-0.4, -0.2) is 33.4 Å². The van der Waals surface area contributed by atoms with Crippen LogP contribution in [0, 0.1) is 0 Å². The number of aromatic nitrogens is 2. The summed E-state index contributed by atoms with van der Waals surface area (Å²) in [4.78, 5) is 29.1. The summed E-state index contributed by atoms with van der Waals surface area (Å²) in [6.45, 7) is 3.07. The maximum atomic E-state index is 12.9. The number of hydrogen-bond donors (Lipinski definition) is 1. The van der Waals surface area contributed by atoms with Gasteiger partial charge in [0.25, 0.3) is 5.56 Å². The van der Waals surface area contributed by atoms with Gasteiger partial charge in [0, 0.05) is 6.61 Å². The van der Waals surface area contributed by atoms with Crippen molar-refractivity contribution in [1.29, 1.82) is 0 Å². The molecule has 0 saturated carbocycles. The lowest BCUT2D eigenvalue weighted by Gasteiger charge is -2.18. The first-order chi connectivity index (χ1) is 11.6. The number of para-hydroxylation sites is 1. The van der Waals surface area contributed by atoms with E-state index in [1.165, 1.54) is 11.8 Å². The molecule has 0 bridgehead atoms. The highest BCUT2D eigenvalue weighted by molar-refractivity contribution is 8.00. The van der Waals surface area contributed by atoms with E-state index < -0.39 is 11.2 Å². The van der Waals surface area contributed by atoms with Gasteiger partial charge in [-0.05, 0) is 31.4 Å². The number of nitrogens with two attached hydrogens (primary N) is 1. The summed E-state index contributed by atoms with van der Waals surface area (Å²) in [6.07, 6.45) is 2.53. The summed E-state index contributed by atoms with van der Waals surface area (Å²) in [5.74, 6) is -0.395. The minimum atomic E-state index is -0.409. The van der Waals surface area contributed by atoms with E-state index in [1.807, 2.05) is 25.1 Å². The number of nitrogens with zero attached hydrogens (tertiary/aromatic N) is 2. The van der Waals surface area contributed by atoms with Gasteiger partial charge in [0.2, 0.25) is 5.91 Å². The van der Waals surface area contributed by atoms with Crippen molar-refractivity contribution < 1.29 is 9.53 Å².